The summed E-state index contributed by atoms with van der Waals surface area (Å²) in [5.74, 6) is -0.258. The summed E-state index contributed by atoms with van der Waals surface area (Å²) >= 11 is 0. The van der Waals surface area contributed by atoms with Crippen molar-refractivity contribution < 1.29 is 13.2 Å². The van der Waals surface area contributed by atoms with E-state index in [4.69, 9.17) is 0 Å². The molecule has 146 valence electrons. The van der Waals surface area contributed by atoms with Crippen LogP contribution < -0.4 is 4.90 Å². The van der Waals surface area contributed by atoms with Crippen LogP contribution in [0.4, 0.5) is 5.69 Å². The molecule has 0 atom stereocenters. The Morgan fingerprint density at radius 2 is 1.54 bits per heavy atom. The van der Waals surface area contributed by atoms with E-state index in [2.05, 4.69) is 0 Å². The van der Waals surface area contributed by atoms with E-state index in [-0.39, 0.29) is 10.8 Å². The molecule has 0 fully saturated rings. The summed E-state index contributed by atoms with van der Waals surface area (Å²) in [6, 6.07) is 20.0. The molecule has 3 aromatic carbocycles. The van der Waals surface area contributed by atoms with Crippen molar-refractivity contribution in [2.75, 3.05) is 25.0 Å². The molecular weight excluding hydrogens is 372 g/mol. The smallest absolute Gasteiger partial charge is 0.258 e. The van der Waals surface area contributed by atoms with E-state index in [1.54, 1.807) is 33.0 Å². The molecule has 0 radical (unpaired) electrons. The third-order valence-electron chi connectivity index (χ3n) is 4.85. The molecule has 0 N–H and O–H groups in total. The summed E-state index contributed by atoms with van der Waals surface area (Å²) < 4.78 is 26.9. The SMILES string of the molecule is CCN(CC)S(=O)(=O)c1cccc(C(=O)N(C)c2ccc3ccccc3c2)c1. The Morgan fingerprint density at radius 3 is 2.21 bits per heavy atom. The van der Waals surface area contributed by atoms with Crippen molar-refractivity contribution in [1.29, 1.82) is 0 Å². The molecule has 1 amide bonds. The number of carbonyl (C=O) groups is 1. The first-order valence-electron chi connectivity index (χ1n) is 9.25. The largest absolute Gasteiger partial charge is 0.311 e. The van der Waals surface area contributed by atoms with Gasteiger partial charge in [0.15, 0.2) is 0 Å². The van der Waals surface area contributed by atoms with Crippen LogP contribution in [0.15, 0.2) is 71.6 Å². The number of anilines is 1. The van der Waals surface area contributed by atoms with Gasteiger partial charge in [0, 0.05) is 31.4 Å². The maximum atomic E-state index is 13.0. The maximum absolute atomic E-state index is 13.0. The number of sulfonamides is 1. The molecule has 0 saturated carbocycles. The van der Waals surface area contributed by atoms with Gasteiger partial charge in [-0.1, -0.05) is 50.2 Å². The molecule has 0 unspecified atom stereocenters. The van der Waals surface area contributed by atoms with Crippen molar-refractivity contribution in [1.82, 2.24) is 4.31 Å². The van der Waals surface area contributed by atoms with Crippen molar-refractivity contribution >= 4 is 32.4 Å². The van der Waals surface area contributed by atoms with Gasteiger partial charge < -0.3 is 4.90 Å². The molecule has 5 nitrogen and oxygen atoms in total. The molecule has 0 aliphatic heterocycles. The second-order valence-electron chi connectivity index (χ2n) is 6.51. The molecule has 28 heavy (non-hydrogen) atoms. The number of fused-ring (bicyclic) bond motifs is 1. The molecule has 6 heteroatoms. The minimum atomic E-state index is -3.61. The Kier molecular flexibility index (Phi) is 5.82. The number of amides is 1. The Hall–Kier alpha value is -2.70. The fraction of sp³-hybridized carbons (Fsp3) is 0.227. The molecule has 3 aromatic rings. The van der Waals surface area contributed by atoms with Crippen LogP contribution in [0.5, 0.6) is 0 Å². The van der Waals surface area contributed by atoms with Gasteiger partial charge >= 0.3 is 0 Å². The molecule has 0 bridgehead atoms. The molecule has 0 saturated heterocycles. The van der Waals surface area contributed by atoms with Gasteiger partial charge in [0.25, 0.3) is 5.91 Å². The summed E-state index contributed by atoms with van der Waals surface area (Å²) in [6.07, 6.45) is 0. The molecule has 0 spiro atoms. The lowest BCUT2D eigenvalue weighted by molar-refractivity contribution is 0.0993. The third kappa shape index (κ3) is 3.79. The van der Waals surface area contributed by atoms with Crippen LogP contribution in [0.2, 0.25) is 0 Å². The quantitative estimate of drug-likeness (QED) is 0.629. The Labute approximate surface area is 166 Å². The average molecular weight is 397 g/mol. The van der Waals surface area contributed by atoms with Crippen molar-refractivity contribution in [3.63, 3.8) is 0 Å². The van der Waals surface area contributed by atoms with Gasteiger partial charge in [-0.2, -0.15) is 4.31 Å². The summed E-state index contributed by atoms with van der Waals surface area (Å²) in [5.41, 5.74) is 1.09. The zero-order valence-electron chi connectivity index (χ0n) is 16.3. The van der Waals surface area contributed by atoms with E-state index in [1.807, 2.05) is 42.5 Å². The van der Waals surface area contributed by atoms with Gasteiger partial charge in [-0.3, -0.25) is 4.79 Å². The van der Waals surface area contributed by atoms with Crippen molar-refractivity contribution in [3.8, 4) is 0 Å². The number of rotatable bonds is 6. The van der Waals surface area contributed by atoms with Crippen LogP contribution in [-0.2, 0) is 10.0 Å². The lowest BCUT2D eigenvalue weighted by Gasteiger charge is -2.20. The highest BCUT2D eigenvalue weighted by atomic mass is 32.2. The molecule has 0 aromatic heterocycles. The zero-order chi connectivity index (χ0) is 20.3. The van der Waals surface area contributed by atoms with Crippen LogP contribution in [0.25, 0.3) is 10.8 Å². The van der Waals surface area contributed by atoms with Gasteiger partial charge in [0.2, 0.25) is 10.0 Å². The van der Waals surface area contributed by atoms with E-state index in [0.29, 0.717) is 18.7 Å². The van der Waals surface area contributed by atoms with Crippen molar-refractivity contribution in [2.24, 2.45) is 0 Å². The van der Waals surface area contributed by atoms with E-state index in [0.717, 1.165) is 16.5 Å². The average Bonchev–Trinajstić information content (AvgIpc) is 2.73. The number of hydrogen-bond donors (Lipinski definition) is 0. The van der Waals surface area contributed by atoms with Crippen LogP contribution in [0.1, 0.15) is 24.2 Å². The number of hydrogen-bond acceptors (Lipinski definition) is 3. The Balaban J connectivity index is 1.93. The third-order valence-corrected chi connectivity index (χ3v) is 6.90. The lowest BCUT2D eigenvalue weighted by atomic mass is 10.1. The predicted octanol–water partition coefficient (Wildman–Crippen LogP) is 4.15. The lowest BCUT2D eigenvalue weighted by Crippen LogP contribution is -2.31. The van der Waals surface area contributed by atoms with E-state index >= 15 is 0 Å². The van der Waals surface area contributed by atoms with E-state index in [9.17, 15) is 13.2 Å². The zero-order valence-corrected chi connectivity index (χ0v) is 17.1. The normalized spacial score (nSPS) is 11.7. The minimum Gasteiger partial charge on any atom is -0.311 e. The van der Waals surface area contributed by atoms with E-state index < -0.39 is 10.0 Å². The first-order chi connectivity index (χ1) is 13.4. The maximum Gasteiger partial charge on any atom is 0.258 e. The standard InChI is InChI=1S/C22H24N2O3S/c1-4-24(5-2)28(26,27)21-12-8-11-19(16-21)22(25)23(3)20-14-13-17-9-6-7-10-18(17)15-20/h6-16H,4-5H2,1-3H3. The number of carbonyl (C=O) groups excluding carboxylic acids is 1. The van der Waals surface area contributed by atoms with Crippen molar-refractivity contribution in [3.05, 3.63) is 72.3 Å². The second kappa shape index (κ2) is 8.12. The summed E-state index contributed by atoms with van der Waals surface area (Å²) in [4.78, 5) is 14.7. The van der Waals surface area contributed by atoms with Gasteiger partial charge in [-0.05, 0) is 41.1 Å². The van der Waals surface area contributed by atoms with Crippen LogP contribution in [0, 0.1) is 0 Å². The first kappa shape index (κ1) is 20.0. The summed E-state index contributed by atoms with van der Waals surface area (Å²) in [7, 11) is -1.92. The summed E-state index contributed by atoms with van der Waals surface area (Å²) in [5, 5.41) is 2.14. The Morgan fingerprint density at radius 1 is 0.857 bits per heavy atom. The number of nitrogens with zero attached hydrogens (tertiary/aromatic N) is 2. The highest BCUT2D eigenvalue weighted by Gasteiger charge is 2.23. The van der Waals surface area contributed by atoms with Crippen molar-refractivity contribution in [2.45, 2.75) is 18.7 Å². The summed E-state index contributed by atoms with van der Waals surface area (Å²) in [6.45, 7) is 4.36. The topological polar surface area (TPSA) is 57.7 Å². The fourth-order valence-electron chi connectivity index (χ4n) is 3.20. The highest BCUT2D eigenvalue weighted by molar-refractivity contribution is 7.89. The predicted molar refractivity (Wildman–Crippen MR) is 113 cm³/mol. The minimum absolute atomic E-state index is 0.133. The van der Waals surface area contributed by atoms with Crippen LogP contribution in [0.3, 0.4) is 0 Å². The fourth-order valence-corrected chi connectivity index (χ4v) is 4.70. The molecule has 0 aliphatic rings. The second-order valence-corrected chi connectivity index (χ2v) is 8.45. The molecule has 0 aliphatic carbocycles. The van der Waals surface area contributed by atoms with Gasteiger partial charge in [0.1, 0.15) is 0 Å². The highest BCUT2D eigenvalue weighted by Crippen LogP contribution is 2.24. The molecule has 0 heterocycles. The Bertz CT molecular complexity index is 1110. The van der Waals surface area contributed by atoms with Gasteiger partial charge in [-0.15, -0.1) is 0 Å². The van der Waals surface area contributed by atoms with Gasteiger partial charge in [0.05, 0.1) is 4.90 Å². The van der Waals surface area contributed by atoms with Crippen LogP contribution >= 0.6 is 0 Å². The first-order valence-corrected chi connectivity index (χ1v) is 10.7. The van der Waals surface area contributed by atoms with E-state index in [1.165, 1.54) is 21.3 Å². The van der Waals surface area contributed by atoms with Crippen LogP contribution in [-0.4, -0.2) is 38.8 Å². The molecule has 3 rings (SSSR count). The monoisotopic (exact) mass is 396 g/mol. The number of benzene rings is 3. The molecular formula is C22H24N2O3S. The van der Waals surface area contributed by atoms with Gasteiger partial charge in [-0.25, -0.2) is 8.42 Å².